The summed E-state index contributed by atoms with van der Waals surface area (Å²) >= 11 is 1.39. The molecule has 1 amide bonds. The molecule has 0 saturated heterocycles. The SMILES string of the molecule is CCOC(=O)c1c(NC(=O)CCc2c(C)nc3ncnn3c2C)sc(C)c1C. The van der Waals surface area contributed by atoms with Gasteiger partial charge in [-0.1, -0.05) is 0 Å². The van der Waals surface area contributed by atoms with E-state index >= 15 is 0 Å². The highest BCUT2D eigenvalue weighted by Crippen LogP contribution is 2.33. The Hall–Kier alpha value is -2.81. The summed E-state index contributed by atoms with van der Waals surface area (Å²) in [5, 5.41) is 7.58. The lowest BCUT2D eigenvalue weighted by Crippen LogP contribution is -2.16. The molecule has 0 bridgehead atoms. The van der Waals surface area contributed by atoms with Crippen LogP contribution in [0, 0.1) is 27.7 Å². The summed E-state index contributed by atoms with van der Waals surface area (Å²) in [6.07, 6.45) is 2.25. The number of thiophene rings is 1. The van der Waals surface area contributed by atoms with E-state index in [0.717, 1.165) is 27.4 Å². The van der Waals surface area contributed by atoms with Crippen LogP contribution in [-0.2, 0) is 16.0 Å². The Balaban J connectivity index is 1.75. The first-order valence-corrected chi connectivity index (χ1v) is 9.87. The lowest BCUT2D eigenvalue weighted by atomic mass is 10.1. The molecule has 3 rings (SSSR count). The fourth-order valence-electron chi connectivity index (χ4n) is 3.11. The Morgan fingerprint density at radius 1 is 1.25 bits per heavy atom. The van der Waals surface area contributed by atoms with Crippen LogP contribution in [0.2, 0.25) is 0 Å². The van der Waals surface area contributed by atoms with Crippen LogP contribution in [0.1, 0.15) is 51.1 Å². The van der Waals surface area contributed by atoms with E-state index in [1.54, 1.807) is 11.4 Å². The minimum atomic E-state index is -0.410. The summed E-state index contributed by atoms with van der Waals surface area (Å²) in [5.41, 5.74) is 4.00. The van der Waals surface area contributed by atoms with Crippen LogP contribution in [-0.4, -0.2) is 38.1 Å². The number of amides is 1. The first kappa shape index (κ1) is 19.9. The van der Waals surface area contributed by atoms with E-state index in [4.69, 9.17) is 4.74 Å². The number of aryl methyl sites for hydroxylation is 3. The van der Waals surface area contributed by atoms with E-state index in [0.29, 0.717) is 22.8 Å². The van der Waals surface area contributed by atoms with Crippen LogP contribution in [0.5, 0.6) is 0 Å². The van der Waals surface area contributed by atoms with Gasteiger partial charge in [-0.3, -0.25) is 4.79 Å². The summed E-state index contributed by atoms with van der Waals surface area (Å²) in [6, 6.07) is 0. The Morgan fingerprint density at radius 2 is 2.00 bits per heavy atom. The fourth-order valence-corrected chi connectivity index (χ4v) is 4.17. The number of rotatable bonds is 6. The van der Waals surface area contributed by atoms with Gasteiger partial charge in [-0.25, -0.2) is 14.3 Å². The zero-order valence-electron chi connectivity index (χ0n) is 16.6. The first-order valence-electron chi connectivity index (χ1n) is 9.06. The van der Waals surface area contributed by atoms with Gasteiger partial charge in [0, 0.05) is 22.7 Å². The molecule has 0 atom stereocenters. The van der Waals surface area contributed by atoms with Crippen LogP contribution in [0.4, 0.5) is 5.00 Å². The van der Waals surface area contributed by atoms with Crippen molar-refractivity contribution >= 4 is 34.0 Å². The molecule has 3 heterocycles. The second-order valence-corrected chi connectivity index (χ2v) is 7.71. The highest BCUT2D eigenvalue weighted by Gasteiger charge is 2.22. The maximum absolute atomic E-state index is 12.6. The van der Waals surface area contributed by atoms with Crippen molar-refractivity contribution < 1.29 is 14.3 Å². The highest BCUT2D eigenvalue weighted by molar-refractivity contribution is 7.16. The van der Waals surface area contributed by atoms with E-state index in [-0.39, 0.29) is 18.9 Å². The molecule has 9 heteroatoms. The number of fused-ring (bicyclic) bond motifs is 1. The molecule has 0 aliphatic heterocycles. The number of esters is 1. The number of nitrogens with zero attached hydrogens (tertiary/aromatic N) is 4. The number of hydrogen-bond donors (Lipinski definition) is 1. The van der Waals surface area contributed by atoms with E-state index in [2.05, 4.69) is 20.4 Å². The monoisotopic (exact) mass is 401 g/mol. The Kier molecular flexibility index (Phi) is 5.73. The quantitative estimate of drug-likeness (QED) is 0.637. The molecule has 0 aromatic carbocycles. The van der Waals surface area contributed by atoms with Gasteiger partial charge >= 0.3 is 5.97 Å². The number of anilines is 1. The maximum Gasteiger partial charge on any atom is 0.341 e. The molecule has 0 spiro atoms. The molecule has 0 saturated carbocycles. The largest absolute Gasteiger partial charge is 0.462 e. The van der Waals surface area contributed by atoms with Crippen LogP contribution in [0.25, 0.3) is 5.78 Å². The molecular weight excluding hydrogens is 378 g/mol. The number of nitrogens with one attached hydrogen (secondary N) is 1. The van der Waals surface area contributed by atoms with Crippen molar-refractivity contribution in [3.8, 4) is 0 Å². The highest BCUT2D eigenvalue weighted by atomic mass is 32.1. The topological polar surface area (TPSA) is 98.5 Å². The molecule has 0 aliphatic carbocycles. The molecule has 1 N–H and O–H groups in total. The van der Waals surface area contributed by atoms with Gasteiger partial charge in [0.1, 0.15) is 11.3 Å². The number of hydrogen-bond acceptors (Lipinski definition) is 7. The molecule has 3 aromatic rings. The van der Waals surface area contributed by atoms with E-state index in [9.17, 15) is 9.59 Å². The van der Waals surface area contributed by atoms with Crippen molar-refractivity contribution in [1.29, 1.82) is 0 Å². The number of aromatic nitrogens is 4. The van der Waals surface area contributed by atoms with Crippen molar-refractivity contribution in [3.63, 3.8) is 0 Å². The molecule has 0 radical (unpaired) electrons. The lowest BCUT2D eigenvalue weighted by molar-refractivity contribution is -0.116. The van der Waals surface area contributed by atoms with Crippen LogP contribution >= 0.6 is 11.3 Å². The molecule has 0 unspecified atom stereocenters. The summed E-state index contributed by atoms with van der Waals surface area (Å²) in [4.78, 5) is 34.3. The Labute approximate surface area is 167 Å². The lowest BCUT2D eigenvalue weighted by Gasteiger charge is -2.11. The van der Waals surface area contributed by atoms with Crippen molar-refractivity contribution in [2.45, 2.75) is 47.5 Å². The van der Waals surface area contributed by atoms with Gasteiger partial charge in [0.25, 0.3) is 5.78 Å². The Bertz CT molecular complexity index is 1050. The molecule has 8 nitrogen and oxygen atoms in total. The molecule has 148 valence electrons. The van der Waals surface area contributed by atoms with Gasteiger partial charge in [0.15, 0.2) is 0 Å². The average molecular weight is 401 g/mol. The number of ether oxygens (including phenoxy) is 1. The summed E-state index contributed by atoms with van der Waals surface area (Å²) < 4.78 is 6.80. The third kappa shape index (κ3) is 3.75. The van der Waals surface area contributed by atoms with E-state index in [1.165, 1.54) is 17.7 Å². The average Bonchev–Trinajstić information content (AvgIpc) is 3.20. The van der Waals surface area contributed by atoms with Gasteiger partial charge in [-0.05, 0) is 52.2 Å². The predicted octanol–water partition coefficient (Wildman–Crippen LogP) is 3.17. The summed E-state index contributed by atoms with van der Waals surface area (Å²) in [5.74, 6) is -0.0247. The zero-order chi connectivity index (χ0) is 20.4. The molecular formula is C19H23N5O3S. The van der Waals surface area contributed by atoms with Crippen LogP contribution in [0.15, 0.2) is 6.33 Å². The van der Waals surface area contributed by atoms with Gasteiger partial charge in [-0.2, -0.15) is 10.1 Å². The zero-order valence-corrected chi connectivity index (χ0v) is 17.4. The second-order valence-electron chi connectivity index (χ2n) is 6.49. The van der Waals surface area contributed by atoms with Crippen molar-refractivity contribution in [2.24, 2.45) is 0 Å². The van der Waals surface area contributed by atoms with Crippen LogP contribution in [0.3, 0.4) is 0 Å². The smallest absolute Gasteiger partial charge is 0.341 e. The first-order chi connectivity index (χ1) is 13.3. The number of carbonyl (C=O) groups excluding carboxylic acids is 2. The standard InChI is InChI=1S/C19H23N5O3S/c1-6-27-18(26)16-10(2)13(5)28-17(16)23-15(25)8-7-14-11(3)22-19-20-9-21-24(19)12(14)4/h9H,6-8H2,1-5H3,(H,23,25). The molecule has 0 aliphatic rings. The van der Waals surface area contributed by atoms with Gasteiger partial charge < -0.3 is 10.1 Å². The summed E-state index contributed by atoms with van der Waals surface area (Å²) in [6.45, 7) is 9.67. The van der Waals surface area contributed by atoms with Gasteiger partial charge in [0.05, 0.1) is 12.2 Å². The van der Waals surface area contributed by atoms with E-state index < -0.39 is 5.97 Å². The minimum absolute atomic E-state index is 0.163. The molecule has 3 aromatic heterocycles. The summed E-state index contributed by atoms with van der Waals surface area (Å²) in [7, 11) is 0. The van der Waals surface area contributed by atoms with Gasteiger partial charge in [0.2, 0.25) is 5.91 Å². The second kappa shape index (κ2) is 8.05. The third-order valence-corrected chi connectivity index (χ3v) is 5.83. The van der Waals surface area contributed by atoms with Crippen LogP contribution < -0.4 is 5.32 Å². The third-order valence-electron chi connectivity index (χ3n) is 4.71. The van der Waals surface area contributed by atoms with Crippen molar-refractivity contribution in [1.82, 2.24) is 19.6 Å². The number of carbonyl (C=O) groups is 2. The van der Waals surface area contributed by atoms with Gasteiger partial charge in [-0.15, -0.1) is 11.3 Å². The normalized spacial score (nSPS) is 11.0. The van der Waals surface area contributed by atoms with E-state index in [1.807, 2.05) is 27.7 Å². The fraction of sp³-hybridized carbons (Fsp3) is 0.421. The van der Waals surface area contributed by atoms with Crippen molar-refractivity contribution in [3.05, 3.63) is 39.3 Å². The van der Waals surface area contributed by atoms with Crippen molar-refractivity contribution in [2.75, 3.05) is 11.9 Å². The maximum atomic E-state index is 12.6. The Morgan fingerprint density at radius 3 is 2.71 bits per heavy atom. The molecule has 0 fully saturated rings. The minimum Gasteiger partial charge on any atom is -0.462 e. The molecule has 28 heavy (non-hydrogen) atoms. The predicted molar refractivity (Wildman–Crippen MR) is 107 cm³/mol.